The van der Waals surface area contributed by atoms with Gasteiger partial charge in [0, 0.05) is 13.3 Å². The van der Waals surface area contributed by atoms with Crippen LogP contribution in [0.4, 0.5) is 0 Å². The van der Waals surface area contributed by atoms with Crippen LogP contribution in [0, 0.1) is 40.4 Å². The van der Waals surface area contributed by atoms with Gasteiger partial charge in [0.15, 0.2) is 0 Å². The van der Waals surface area contributed by atoms with Gasteiger partial charge in [0.05, 0.1) is 0 Å². The molecule has 184 valence electrons. The number of ether oxygens (including phenoxy) is 1. The molecule has 3 saturated carbocycles. The van der Waals surface area contributed by atoms with Gasteiger partial charge in [-0.15, -0.1) is 0 Å². The number of hydrogen-bond acceptors (Lipinski definition) is 2. The van der Waals surface area contributed by atoms with Crippen LogP contribution in [-0.2, 0) is 9.53 Å². The Hall–Kier alpha value is -0.790. The van der Waals surface area contributed by atoms with Gasteiger partial charge in [0.25, 0.3) is 0 Å². The smallest absolute Gasteiger partial charge is 0.302 e. The molecule has 0 aromatic heterocycles. The van der Waals surface area contributed by atoms with Gasteiger partial charge in [-0.2, -0.15) is 0 Å². The Balaban J connectivity index is 0.00000141. The predicted octanol–water partition coefficient (Wildman–Crippen LogP) is 8.74. The number of unbranched alkanes of at least 4 members (excludes halogenated alkanes) is 1. The molecule has 0 spiro atoms. The summed E-state index contributed by atoms with van der Waals surface area (Å²) in [4.78, 5) is 11.5. The molecular formula is C30H52O2. The molecule has 4 rings (SSSR count). The van der Waals surface area contributed by atoms with Crippen LogP contribution in [0.3, 0.4) is 0 Å². The first kappa shape index (κ1) is 25.8. The first-order chi connectivity index (χ1) is 15.2. The summed E-state index contributed by atoms with van der Waals surface area (Å²) in [5.41, 5.74) is 2.57. The fourth-order valence-electron chi connectivity index (χ4n) is 8.49. The molecule has 4 aliphatic carbocycles. The van der Waals surface area contributed by atoms with Crippen LogP contribution in [0.25, 0.3) is 0 Å². The van der Waals surface area contributed by atoms with Crippen molar-refractivity contribution in [3.05, 3.63) is 11.6 Å². The minimum atomic E-state index is -0.114. The van der Waals surface area contributed by atoms with Gasteiger partial charge in [0.1, 0.15) is 6.10 Å². The molecule has 7 atom stereocenters. The van der Waals surface area contributed by atoms with Gasteiger partial charge in [0.2, 0.25) is 0 Å². The van der Waals surface area contributed by atoms with E-state index in [2.05, 4.69) is 33.8 Å². The van der Waals surface area contributed by atoms with E-state index in [1.807, 2.05) is 13.8 Å². The molecule has 2 nitrogen and oxygen atoms in total. The van der Waals surface area contributed by atoms with Crippen LogP contribution in [0.1, 0.15) is 126 Å². The molecule has 32 heavy (non-hydrogen) atoms. The third kappa shape index (κ3) is 5.00. The highest BCUT2D eigenvalue weighted by atomic mass is 16.5. The number of rotatable bonds is 6. The van der Waals surface area contributed by atoms with Crippen molar-refractivity contribution in [2.24, 2.45) is 40.4 Å². The zero-order chi connectivity index (χ0) is 23.5. The van der Waals surface area contributed by atoms with Gasteiger partial charge in [-0.3, -0.25) is 4.79 Å². The number of hydrogen-bond donors (Lipinski definition) is 0. The fraction of sp³-hybridized carbons (Fsp3) is 0.900. The minimum Gasteiger partial charge on any atom is -0.462 e. The standard InChI is InChI=1S/C28H46O2.C2H6/c1-19(2)8-6-7-9-21-11-13-25-24-12-10-22-18-23(30-20(3)29)14-16-28(22,5)26(24)15-17-27(21,25)4;1-2/h10,19,21,23-26H,6-9,11-18H2,1-5H3;1-2H3. The van der Waals surface area contributed by atoms with Crippen molar-refractivity contribution < 1.29 is 9.53 Å². The van der Waals surface area contributed by atoms with Crippen LogP contribution in [-0.4, -0.2) is 12.1 Å². The maximum absolute atomic E-state index is 11.5. The summed E-state index contributed by atoms with van der Waals surface area (Å²) >= 11 is 0. The quantitative estimate of drug-likeness (QED) is 0.232. The molecule has 0 N–H and O–H groups in total. The Morgan fingerprint density at radius 2 is 1.81 bits per heavy atom. The molecule has 0 aromatic carbocycles. The van der Waals surface area contributed by atoms with Crippen molar-refractivity contribution in [1.82, 2.24) is 0 Å². The molecule has 7 unspecified atom stereocenters. The van der Waals surface area contributed by atoms with Crippen molar-refractivity contribution in [2.75, 3.05) is 0 Å². The van der Waals surface area contributed by atoms with Crippen molar-refractivity contribution in [1.29, 1.82) is 0 Å². The van der Waals surface area contributed by atoms with E-state index in [4.69, 9.17) is 4.74 Å². The average molecular weight is 445 g/mol. The topological polar surface area (TPSA) is 26.3 Å². The summed E-state index contributed by atoms with van der Waals surface area (Å²) in [6, 6.07) is 0. The van der Waals surface area contributed by atoms with E-state index in [-0.39, 0.29) is 12.1 Å². The highest BCUT2D eigenvalue weighted by molar-refractivity contribution is 5.66. The van der Waals surface area contributed by atoms with Crippen molar-refractivity contribution in [2.45, 2.75) is 132 Å². The van der Waals surface area contributed by atoms with Gasteiger partial charge < -0.3 is 4.74 Å². The molecule has 4 aliphatic rings. The second-order valence-electron chi connectivity index (χ2n) is 12.2. The van der Waals surface area contributed by atoms with Gasteiger partial charge >= 0.3 is 5.97 Å². The Kier molecular flexibility index (Phi) is 8.59. The fourth-order valence-corrected chi connectivity index (χ4v) is 8.49. The molecule has 0 amide bonds. The summed E-state index contributed by atoms with van der Waals surface area (Å²) in [5, 5.41) is 0. The Bertz CT molecular complexity index is 664. The van der Waals surface area contributed by atoms with E-state index >= 15 is 0 Å². The number of fused-ring (bicyclic) bond motifs is 5. The van der Waals surface area contributed by atoms with Crippen molar-refractivity contribution in [3.63, 3.8) is 0 Å². The van der Waals surface area contributed by atoms with Crippen LogP contribution in [0.15, 0.2) is 11.6 Å². The van der Waals surface area contributed by atoms with Crippen LogP contribution < -0.4 is 0 Å². The maximum atomic E-state index is 11.5. The van der Waals surface area contributed by atoms with Gasteiger partial charge in [-0.1, -0.05) is 72.5 Å². The van der Waals surface area contributed by atoms with Gasteiger partial charge in [-0.05, 0) is 91.8 Å². The lowest BCUT2D eigenvalue weighted by molar-refractivity contribution is -0.148. The predicted molar refractivity (Wildman–Crippen MR) is 135 cm³/mol. The van der Waals surface area contributed by atoms with E-state index in [0.29, 0.717) is 10.8 Å². The Morgan fingerprint density at radius 1 is 1.06 bits per heavy atom. The number of carbonyl (C=O) groups is 1. The molecule has 0 radical (unpaired) electrons. The highest BCUT2D eigenvalue weighted by Gasteiger charge is 2.58. The molecule has 0 saturated heterocycles. The zero-order valence-electron chi connectivity index (χ0n) is 22.3. The summed E-state index contributed by atoms with van der Waals surface area (Å²) in [7, 11) is 0. The molecular weight excluding hydrogens is 392 g/mol. The molecule has 0 aliphatic heterocycles. The Labute approximate surface area is 199 Å². The summed E-state index contributed by atoms with van der Waals surface area (Å²) < 4.78 is 5.60. The first-order valence-corrected chi connectivity index (χ1v) is 14.1. The Morgan fingerprint density at radius 3 is 2.50 bits per heavy atom. The monoisotopic (exact) mass is 444 g/mol. The van der Waals surface area contributed by atoms with E-state index in [0.717, 1.165) is 42.4 Å². The molecule has 3 fully saturated rings. The maximum Gasteiger partial charge on any atom is 0.302 e. The molecule has 0 heterocycles. The summed E-state index contributed by atoms with van der Waals surface area (Å²) in [6.07, 6.45) is 18.8. The summed E-state index contributed by atoms with van der Waals surface area (Å²) in [5.74, 6) is 4.39. The third-order valence-corrected chi connectivity index (χ3v) is 10.2. The van der Waals surface area contributed by atoms with Gasteiger partial charge in [-0.25, -0.2) is 0 Å². The lowest BCUT2D eigenvalue weighted by Crippen LogP contribution is -2.50. The second-order valence-corrected chi connectivity index (χ2v) is 12.2. The normalized spacial score (nSPS) is 40.4. The third-order valence-electron chi connectivity index (χ3n) is 10.2. The SMILES string of the molecule is CC.CC(=O)OC1CCC2(C)C(=CCC3C2CCC2(C)C(CCCCC(C)C)CCC32)C1. The van der Waals surface area contributed by atoms with E-state index in [1.165, 1.54) is 64.2 Å². The average Bonchev–Trinajstić information content (AvgIpc) is 3.09. The highest BCUT2D eigenvalue weighted by Crippen LogP contribution is 2.66. The minimum absolute atomic E-state index is 0.114. The van der Waals surface area contributed by atoms with E-state index < -0.39 is 0 Å². The number of esters is 1. The number of carbonyl (C=O) groups excluding carboxylic acids is 1. The van der Waals surface area contributed by atoms with Crippen LogP contribution in [0.5, 0.6) is 0 Å². The van der Waals surface area contributed by atoms with Crippen molar-refractivity contribution in [3.8, 4) is 0 Å². The second kappa shape index (κ2) is 10.6. The lowest BCUT2D eigenvalue weighted by atomic mass is 9.47. The molecule has 0 bridgehead atoms. The first-order valence-electron chi connectivity index (χ1n) is 14.1. The van der Waals surface area contributed by atoms with Crippen molar-refractivity contribution >= 4 is 5.97 Å². The largest absolute Gasteiger partial charge is 0.462 e. The molecule has 0 aromatic rings. The molecule has 2 heteroatoms. The van der Waals surface area contributed by atoms with Crippen LogP contribution in [0.2, 0.25) is 0 Å². The van der Waals surface area contributed by atoms with E-state index in [1.54, 1.807) is 12.5 Å². The zero-order valence-corrected chi connectivity index (χ0v) is 22.3. The van der Waals surface area contributed by atoms with E-state index in [9.17, 15) is 4.79 Å². The van der Waals surface area contributed by atoms with Crippen LogP contribution >= 0.6 is 0 Å². The number of allylic oxidation sites excluding steroid dienone is 1. The lowest BCUT2D eigenvalue weighted by Gasteiger charge is -2.58. The summed E-state index contributed by atoms with van der Waals surface area (Å²) in [6.45, 7) is 15.5.